The van der Waals surface area contributed by atoms with Crippen molar-refractivity contribution in [1.82, 2.24) is 0 Å². The van der Waals surface area contributed by atoms with Crippen molar-refractivity contribution in [1.29, 1.82) is 0 Å². The Labute approximate surface area is 67.4 Å². The molecule has 0 N–H and O–H groups in total. The highest BCUT2D eigenvalue weighted by atomic mass is 19.1. The molecule has 0 aliphatic rings. The van der Waals surface area contributed by atoms with E-state index in [1.807, 2.05) is 0 Å². The Morgan fingerprint density at radius 2 is 1.83 bits per heavy atom. The fourth-order valence-corrected chi connectivity index (χ4v) is 0.846. The Kier molecular flexibility index (Phi) is 2.38. The predicted octanol–water partition coefficient (Wildman–Crippen LogP) is 0.257. The average Bonchev–Trinajstić information content (AvgIpc) is 1.97. The number of carbonyl (C=O) groups excluding carboxylic acids is 1. The summed E-state index contributed by atoms with van der Waals surface area (Å²) in [4.78, 5) is 10.0. The molecule has 0 aliphatic heterocycles. The Bertz CT molecular complexity index is 290. The number of rotatable bonds is 2. The van der Waals surface area contributed by atoms with Crippen LogP contribution in [0.25, 0.3) is 0 Å². The first-order valence-corrected chi connectivity index (χ1v) is 3.24. The molecule has 0 amide bonds. The zero-order chi connectivity index (χ0) is 9.14. The van der Waals surface area contributed by atoms with Crippen LogP contribution in [0, 0.1) is 11.6 Å². The maximum atomic E-state index is 12.7. The summed E-state index contributed by atoms with van der Waals surface area (Å²) in [6, 6.07) is 3.17. The van der Waals surface area contributed by atoms with Gasteiger partial charge in [-0.05, 0) is 12.1 Å². The number of carboxylic acid groups (broad SMARTS) is 1. The molecule has 12 heavy (non-hydrogen) atoms. The lowest BCUT2D eigenvalue weighted by Crippen LogP contribution is -2.25. The van der Waals surface area contributed by atoms with E-state index in [2.05, 4.69) is 0 Å². The summed E-state index contributed by atoms with van der Waals surface area (Å²) in [5, 5.41) is 10.0. The lowest BCUT2D eigenvalue weighted by Gasteiger charge is -2.04. The molecular formula is C8H5F2O2-. The van der Waals surface area contributed by atoms with Crippen LogP contribution < -0.4 is 5.11 Å². The summed E-state index contributed by atoms with van der Waals surface area (Å²) in [6.07, 6.45) is -0.738. The second kappa shape index (κ2) is 3.30. The average molecular weight is 171 g/mol. The first-order valence-electron chi connectivity index (χ1n) is 3.24. The normalized spacial score (nSPS) is 9.83. The van der Waals surface area contributed by atoms with Crippen molar-refractivity contribution in [3.05, 3.63) is 35.4 Å². The third-order valence-electron chi connectivity index (χ3n) is 1.38. The molecule has 64 valence electrons. The first-order chi connectivity index (χ1) is 5.61. The van der Waals surface area contributed by atoms with Crippen molar-refractivity contribution < 1.29 is 18.7 Å². The Hall–Kier alpha value is -1.45. The molecule has 0 radical (unpaired) electrons. The molecule has 0 atom stereocenters. The van der Waals surface area contributed by atoms with Gasteiger partial charge in [-0.1, -0.05) is 6.07 Å². The molecule has 0 heterocycles. The molecule has 0 saturated carbocycles. The third-order valence-corrected chi connectivity index (χ3v) is 1.38. The Morgan fingerprint density at radius 3 is 2.25 bits per heavy atom. The number of hydrogen-bond acceptors (Lipinski definition) is 2. The summed E-state index contributed by atoms with van der Waals surface area (Å²) in [6.45, 7) is 0. The highest BCUT2D eigenvalue weighted by Crippen LogP contribution is 2.11. The Balaban J connectivity index is 3.04. The maximum Gasteiger partial charge on any atom is 0.129 e. The van der Waals surface area contributed by atoms with Crippen LogP contribution in [0.2, 0.25) is 0 Å². The van der Waals surface area contributed by atoms with Crippen LogP contribution in [0.4, 0.5) is 8.78 Å². The fourth-order valence-electron chi connectivity index (χ4n) is 0.846. The molecule has 1 aromatic rings. The van der Waals surface area contributed by atoms with Gasteiger partial charge in [0.15, 0.2) is 0 Å². The van der Waals surface area contributed by atoms with E-state index in [4.69, 9.17) is 0 Å². The number of halogens is 2. The standard InChI is InChI=1S/C8H6F2O2/c9-6-2-1-3-7(10)5(6)4-8(11)12/h1-3H,4H2,(H,11,12)/p-1. The molecule has 0 saturated heterocycles. The zero-order valence-corrected chi connectivity index (χ0v) is 6.01. The number of carbonyl (C=O) groups is 1. The van der Waals surface area contributed by atoms with E-state index in [9.17, 15) is 18.7 Å². The topological polar surface area (TPSA) is 40.1 Å². The molecule has 4 heteroatoms. The van der Waals surface area contributed by atoms with E-state index in [0.29, 0.717) is 0 Å². The van der Waals surface area contributed by atoms with Gasteiger partial charge in [0.1, 0.15) is 11.6 Å². The molecular weight excluding hydrogens is 166 g/mol. The van der Waals surface area contributed by atoms with E-state index in [0.717, 1.165) is 12.1 Å². The Morgan fingerprint density at radius 1 is 1.33 bits per heavy atom. The lowest BCUT2D eigenvalue weighted by molar-refractivity contribution is -0.304. The summed E-state index contributed by atoms with van der Waals surface area (Å²) in [7, 11) is 0. The van der Waals surface area contributed by atoms with Crippen LogP contribution in [-0.2, 0) is 11.2 Å². The summed E-state index contributed by atoms with van der Waals surface area (Å²) >= 11 is 0. The van der Waals surface area contributed by atoms with Gasteiger partial charge in [0.05, 0.1) is 0 Å². The van der Waals surface area contributed by atoms with E-state index in [1.54, 1.807) is 0 Å². The highest BCUT2D eigenvalue weighted by molar-refractivity contribution is 5.68. The van der Waals surface area contributed by atoms with Crippen LogP contribution >= 0.6 is 0 Å². The largest absolute Gasteiger partial charge is 0.550 e. The van der Waals surface area contributed by atoms with Crippen LogP contribution in [0.3, 0.4) is 0 Å². The zero-order valence-electron chi connectivity index (χ0n) is 6.01. The van der Waals surface area contributed by atoms with Crippen LogP contribution in [-0.4, -0.2) is 5.97 Å². The molecule has 0 unspecified atom stereocenters. The maximum absolute atomic E-state index is 12.7. The van der Waals surface area contributed by atoms with Gasteiger partial charge in [-0.25, -0.2) is 8.78 Å². The van der Waals surface area contributed by atoms with Gasteiger partial charge in [0.2, 0.25) is 0 Å². The van der Waals surface area contributed by atoms with Gasteiger partial charge in [0, 0.05) is 18.0 Å². The first kappa shape index (κ1) is 8.64. The van der Waals surface area contributed by atoms with Crippen molar-refractivity contribution in [2.45, 2.75) is 6.42 Å². The van der Waals surface area contributed by atoms with Crippen molar-refractivity contribution in [2.24, 2.45) is 0 Å². The smallest absolute Gasteiger partial charge is 0.129 e. The predicted molar refractivity (Wildman–Crippen MR) is 35.1 cm³/mol. The van der Waals surface area contributed by atoms with E-state index in [-0.39, 0.29) is 0 Å². The van der Waals surface area contributed by atoms with Gasteiger partial charge >= 0.3 is 0 Å². The minimum atomic E-state index is -1.50. The fraction of sp³-hybridized carbons (Fsp3) is 0.125. The van der Waals surface area contributed by atoms with E-state index < -0.39 is 29.6 Å². The summed E-state index contributed by atoms with van der Waals surface area (Å²) < 4.78 is 25.4. The van der Waals surface area contributed by atoms with E-state index in [1.165, 1.54) is 6.07 Å². The molecule has 2 nitrogen and oxygen atoms in total. The quantitative estimate of drug-likeness (QED) is 0.640. The van der Waals surface area contributed by atoms with Gasteiger partial charge in [-0.2, -0.15) is 0 Å². The van der Waals surface area contributed by atoms with Gasteiger partial charge in [-0.15, -0.1) is 0 Å². The SMILES string of the molecule is O=C([O-])Cc1c(F)cccc1F. The van der Waals surface area contributed by atoms with Crippen molar-refractivity contribution >= 4 is 5.97 Å². The molecule has 0 fully saturated rings. The van der Waals surface area contributed by atoms with Crippen molar-refractivity contribution in [3.8, 4) is 0 Å². The molecule has 1 aromatic carbocycles. The van der Waals surface area contributed by atoms with E-state index >= 15 is 0 Å². The molecule has 0 aliphatic carbocycles. The third kappa shape index (κ3) is 1.78. The second-order valence-electron chi connectivity index (χ2n) is 2.25. The minimum absolute atomic E-state index is 0.461. The second-order valence-corrected chi connectivity index (χ2v) is 2.25. The number of carboxylic acids is 1. The monoisotopic (exact) mass is 171 g/mol. The minimum Gasteiger partial charge on any atom is -0.550 e. The number of benzene rings is 1. The number of hydrogen-bond donors (Lipinski definition) is 0. The van der Waals surface area contributed by atoms with Crippen LogP contribution in [0.5, 0.6) is 0 Å². The van der Waals surface area contributed by atoms with Gasteiger partial charge < -0.3 is 9.90 Å². The summed E-state index contributed by atoms with van der Waals surface area (Å²) in [5.41, 5.74) is -0.461. The highest BCUT2D eigenvalue weighted by Gasteiger charge is 2.07. The van der Waals surface area contributed by atoms with Crippen molar-refractivity contribution in [2.75, 3.05) is 0 Å². The van der Waals surface area contributed by atoms with Crippen molar-refractivity contribution in [3.63, 3.8) is 0 Å². The molecule has 0 bridgehead atoms. The van der Waals surface area contributed by atoms with Gasteiger partial charge in [0.25, 0.3) is 0 Å². The lowest BCUT2D eigenvalue weighted by atomic mass is 10.1. The molecule has 0 spiro atoms. The summed E-state index contributed by atoms with van der Waals surface area (Å²) in [5.74, 6) is -3.22. The van der Waals surface area contributed by atoms with Gasteiger partial charge in [-0.3, -0.25) is 0 Å². The molecule has 1 rings (SSSR count). The molecule has 0 aromatic heterocycles. The number of aliphatic carboxylic acids is 1. The van der Waals surface area contributed by atoms with Crippen LogP contribution in [0.15, 0.2) is 18.2 Å². The van der Waals surface area contributed by atoms with Crippen LogP contribution in [0.1, 0.15) is 5.56 Å².